The molecule has 0 saturated heterocycles. The SMILES string of the molecule is COc1ccc(CCC(=O)Nc2cc(Br)ccc2Sc2nnnn2C)cc1F. The second-order valence-electron chi connectivity index (χ2n) is 5.84. The number of ether oxygens (including phenoxy) is 1. The fourth-order valence-electron chi connectivity index (χ4n) is 2.43. The van der Waals surface area contributed by atoms with Crippen LogP contribution in [0.25, 0.3) is 0 Å². The van der Waals surface area contributed by atoms with Gasteiger partial charge in [-0.3, -0.25) is 4.79 Å². The molecule has 1 N–H and O–H groups in total. The monoisotopic (exact) mass is 465 g/mol. The highest BCUT2D eigenvalue weighted by Gasteiger charge is 2.13. The molecule has 0 aliphatic heterocycles. The Kier molecular flexibility index (Phi) is 6.63. The number of nitrogens with zero attached hydrogens (tertiary/aromatic N) is 4. The lowest BCUT2D eigenvalue weighted by molar-refractivity contribution is -0.116. The van der Waals surface area contributed by atoms with Gasteiger partial charge in [0.05, 0.1) is 12.8 Å². The largest absolute Gasteiger partial charge is 0.494 e. The van der Waals surface area contributed by atoms with Crippen molar-refractivity contribution in [2.75, 3.05) is 12.4 Å². The van der Waals surface area contributed by atoms with Crippen LogP contribution in [0.3, 0.4) is 0 Å². The minimum Gasteiger partial charge on any atom is -0.494 e. The van der Waals surface area contributed by atoms with E-state index in [1.165, 1.54) is 24.9 Å². The van der Waals surface area contributed by atoms with Gasteiger partial charge in [0.2, 0.25) is 11.1 Å². The van der Waals surface area contributed by atoms with Crippen LogP contribution in [-0.2, 0) is 18.3 Å². The van der Waals surface area contributed by atoms with Gasteiger partial charge in [-0.15, -0.1) is 5.10 Å². The van der Waals surface area contributed by atoms with Crippen LogP contribution in [0, 0.1) is 5.82 Å². The molecule has 3 rings (SSSR count). The zero-order valence-corrected chi connectivity index (χ0v) is 17.6. The molecule has 0 aliphatic carbocycles. The first-order valence-corrected chi connectivity index (χ1v) is 9.89. The number of hydrogen-bond acceptors (Lipinski definition) is 6. The van der Waals surface area contributed by atoms with Gasteiger partial charge in [-0.2, -0.15) is 0 Å². The van der Waals surface area contributed by atoms with E-state index >= 15 is 0 Å². The quantitative estimate of drug-likeness (QED) is 0.570. The van der Waals surface area contributed by atoms with E-state index in [0.717, 1.165) is 14.9 Å². The number of anilines is 1. The summed E-state index contributed by atoms with van der Waals surface area (Å²) >= 11 is 4.76. The molecule has 0 atom stereocenters. The summed E-state index contributed by atoms with van der Waals surface area (Å²) < 4.78 is 21.1. The van der Waals surface area contributed by atoms with Gasteiger partial charge in [-0.05, 0) is 64.5 Å². The molecule has 1 aromatic heterocycles. The summed E-state index contributed by atoms with van der Waals surface area (Å²) in [6.45, 7) is 0. The molecule has 0 unspecified atom stereocenters. The summed E-state index contributed by atoms with van der Waals surface area (Å²) in [6.07, 6.45) is 0.629. The minimum atomic E-state index is -0.441. The van der Waals surface area contributed by atoms with E-state index in [1.54, 1.807) is 23.9 Å². The molecule has 1 amide bonds. The lowest BCUT2D eigenvalue weighted by Crippen LogP contribution is -2.13. The van der Waals surface area contributed by atoms with E-state index in [0.29, 0.717) is 17.3 Å². The molecule has 0 spiro atoms. The first-order valence-electron chi connectivity index (χ1n) is 8.28. The Morgan fingerprint density at radius 2 is 2.14 bits per heavy atom. The molecule has 7 nitrogen and oxygen atoms in total. The molecule has 0 bridgehead atoms. The fourth-order valence-corrected chi connectivity index (χ4v) is 3.59. The van der Waals surface area contributed by atoms with E-state index < -0.39 is 5.82 Å². The van der Waals surface area contributed by atoms with Crippen molar-refractivity contribution in [3.05, 3.63) is 52.3 Å². The van der Waals surface area contributed by atoms with E-state index in [9.17, 15) is 9.18 Å². The van der Waals surface area contributed by atoms with E-state index in [4.69, 9.17) is 4.74 Å². The van der Waals surface area contributed by atoms with Crippen molar-refractivity contribution in [1.82, 2.24) is 20.2 Å². The molecule has 0 saturated carbocycles. The molecule has 146 valence electrons. The van der Waals surface area contributed by atoms with Gasteiger partial charge in [0, 0.05) is 22.8 Å². The predicted molar refractivity (Wildman–Crippen MR) is 107 cm³/mol. The number of hydrogen-bond donors (Lipinski definition) is 1. The number of carbonyl (C=O) groups excluding carboxylic acids is 1. The Hall–Kier alpha value is -2.46. The second kappa shape index (κ2) is 9.16. The standard InChI is InChI=1S/C18H17BrFN5O2S/c1-25-18(22-23-24-25)28-16-7-5-12(19)10-14(16)21-17(26)8-4-11-3-6-15(27-2)13(20)9-11/h3,5-7,9-10H,4,8H2,1-2H3,(H,21,26). The molecule has 0 fully saturated rings. The Morgan fingerprint density at radius 3 is 2.82 bits per heavy atom. The van der Waals surface area contributed by atoms with Crippen LogP contribution in [0.15, 0.2) is 50.9 Å². The lowest BCUT2D eigenvalue weighted by Gasteiger charge is -2.11. The number of rotatable bonds is 7. The Balaban J connectivity index is 1.67. The van der Waals surface area contributed by atoms with Gasteiger partial charge in [-0.25, -0.2) is 9.07 Å². The van der Waals surface area contributed by atoms with Crippen molar-refractivity contribution in [3.63, 3.8) is 0 Å². The van der Waals surface area contributed by atoms with Crippen LogP contribution in [0.5, 0.6) is 5.75 Å². The summed E-state index contributed by atoms with van der Waals surface area (Å²) in [7, 11) is 3.16. The van der Waals surface area contributed by atoms with Crippen LogP contribution in [0.2, 0.25) is 0 Å². The van der Waals surface area contributed by atoms with Gasteiger partial charge >= 0.3 is 0 Å². The molecule has 2 aromatic carbocycles. The van der Waals surface area contributed by atoms with Crippen LogP contribution >= 0.6 is 27.7 Å². The highest BCUT2D eigenvalue weighted by atomic mass is 79.9. The van der Waals surface area contributed by atoms with E-state index in [2.05, 4.69) is 36.8 Å². The fraction of sp³-hybridized carbons (Fsp3) is 0.222. The van der Waals surface area contributed by atoms with Crippen LogP contribution in [0.1, 0.15) is 12.0 Å². The first-order chi connectivity index (χ1) is 13.5. The molecule has 1 heterocycles. The van der Waals surface area contributed by atoms with Crippen molar-refractivity contribution < 1.29 is 13.9 Å². The number of carbonyl (C=O) groups is 1. The van der Waals surface area contributed by atoms with Crippen molar-refractivity contribution >= 4 is 39.3 Å². The van der Waals surface area contributed by atoms with Gasteiger partial charge in [0.25, 0.3) is 0 Å². The summed E-state index contributed by atoms with van der Waals surface area (Å²) in [5.74, 6) is -0.432. The molecule has 0 aliphatic rings. The Bertz CT molecular complexity index is 998. The summed E-state index contributed by atoms with van der Waals surface area (Å²) in [5, 5.41) is 14.9. The summed E-state index contributed by atoms with van der Waals surface area (Å²) in [5.41, 5.74) is 1.37. The van der Waals surface area contributed by atoms with Crippen LogP contribution < -0.4 is 10.1 Å². The van der Waals surface area contributed by atoms with Crippen molar-refractivity contribution in [1.29, 1.82) is 0 Å². The maximum atomic E-state index is 13.8. The van der Waals surface area contributed by atoms with Crippen LogP contribution in [0.4, 0.5) is 10.1 Å². The minimum absolute atomic E-state index is 0.174. The zero-order valence-electron chi connectivity index (χ0n) is 15.1. The Morgan fingerprint density at radius 1 is 1.32 bits per heavy atom. The molecular weight excluding hydrogens is 449 g/mol. The molecule has 10 heteroatoms. The molecule has 3 aromatic rings. The van der Waals surface area contributed by atoms with E-state index in [-0.39, 0.29) is 18.1 Å². The highest BCUT2D eigenvalue weighted by Crippen LogP contribution is 2.34. The van der Waals surface area contributed by atoms with Gasteiger partial charge < -0.3 is 10.1 Å². The van der Waals surface area contributed by atoms with Crippen molar-refractivity contribution in [2.24, 2.45) is 7.05 Å². The smallest absolute Gasteiger partial charge is 0.224 e. The van der Waals surface area contributed by atoms with Crippen molar-refractivity contribution in [3.8, 4) is 5.75 Å². The number of methoxy groups -OCH3 is 1. The third kappa shape index (κ3) is 5.08. The number of halogens is 2. The second-order valence-corrected chi connectivity index (χ2v) is 7.77. The molecular formula is C18H17BrFN5O2S. The van der Waals surface area contributed by atoms with Crippen LogP contribution in [-0.4, -0.2) is 33.2 Å². The number of nitrogens with one attached hydrogen (secondary N) is 1. The maximum Gasteiger partial charge on any atom is 0.224 e. The number of aromatic nitrogens is 4. The van der Waals surface area contributed by atoms with Crippen molar-refractivity contribution in [2.45, 2.75) is 22.9 Å². The average molecular weight is 466 g/mol. The summed E-state index contributed by atoms with van der Waals surface area (Å²) in [4.78, 5) is 13.2. The highest BCUT2D eigenvalue weighted by molar-refractivity contribution is 9.10. The first kappa shape index (κ1) is 20.3. The van der Waals surface area contributed by atoms with Gasteiger partial charge in [-0.1, -0.05) is 22.0 Å². The van der Waals surface area contributed by atoms with Gasteiger partial charge in [0.15, 0.2) is 11.6 Å². The number of benzene rings is 2. The van der Waals surface area contributed by atoms with E-state index in [1.807, 2.05) is 18.2 Å². The third-order valence-corrected chi connectivity index (χ3v) is 5.45. The molecule has 0 radical (unpaired) electrons. The average Bonchev–Trinajstić information content (AvgIpc) is 3.07. The van der Waals surface area contributed by atoms with Gasteiger partial charge in [0.1, 0.15) is 0 Å². The maximum absolute atomic E-state index is 13.8. The third-order valence-electron chi connectivity index (χ3n) is 3.86. The lowest BCUT2D eigenvalue weighted by atomic mass is 10.1. The Labute approximate surface area is 173 Å². The molecule has 28 heavy (non-hydrogen) atoms. The zero-order chi connectivity index (χ0) is 20.1. The number of tetrazole rings is 1. The topological polar surface area (TPSA) is 81.9 Å². The predicted octanol–water partition coefficient (Wildman–Crippen LogP) is 3.84. The number of aryl methyl sites for hydroxylation is 2. The summed E-state index contributed by atoms with van der Waals surface area (Å²) in [6, 6.07) is 10.3. The number of amides is 1. The normalized spacial score (nSPS) is 10.7.